The van der Waals surface area contributed by atoms with Crippen LogP contribution in [-0.4, -0.2) is 23.8 Å². The zero-order chi connectivity index (χ0) is 14.2. The van der Waals surface area contributed by atoms with Gasteiger partial charge in [-0.15, -0.1) is 0 Å². The van der Waals surface area contributed by atoms with Crippen molar-refractivity contribution in [1.82, 2.24) is 0 Å². The highest BCUT2D eigenvalue weighted by Crippen LogP contribution is 2.04. The van der Waals surface area contributed by atoms with Gasteiger partial charge in [-0.25, -0.2) is 0 Å². The largest absolute Gasteiger partial charge is 0.488 e. The maximum absolute atomic E-state index is 8.99. The molecule has 0 bridgehead atoms. The lowest BCUT2D eigenvalue weighted by molar-refractivity contribution is 0.118. The van der Waals surface area contributed by atoms with Gasteiger partial charge >= 0.3 is 7.12 Å². The molecule has 0 amide bonds. The Kier molecular flexibility index (Phi) is 5.80. The molecular formula is C16H19BO3. The highest BCUT2D eigenvalue weighted by Gasteiger charge is 2.09. The summed E-state index contributed by atoms with van der Waals surface area (Å²) < 4.78 is 5.62. The molecule has 0 fully saturated rings. The first kappa shape index (κ1) is 14.8. The third-order valence-electron chi connectivity index (χ3n) is 3.14. The standard InChI is InChI=1S/C16H19BO3/c18-17(19)16-10-8-15(9-11-16)13-20-12-4-7-14-5-2-1-3-6-14/h1-3,5-6,8-11,18-19H,4,7,12-13H2. The molecule has 0 aliphatic rings. The second-order valence-electron chi connectivity index (χ2n) is 4.76. The summed E-state index contributed by atoms with van der Waals surface area (Å²) in [7, 11) is -1.41. The Bertz CT molecular complexity index is 497. The molecule has 104 valence electrons. The summed E-state index contributed by atoms with van der Waals surface area (Å²) in [5, 5.41) is 18.0. The van der Waals surface area contributed by atoms with Gasteiger partial charge in [-0.05, 0) is 29.4 Å². The van der Waals surface area contributed by atoms with Gasteiger partial charge in [0, 0.05) is 6.61 Å². The van der Waals surface area contributed by atoms with Crippen LogP contribution in [0.4, 0.5) is 0 Å². The van der Waals surface area contributed by atoms with Crippen molar-refractivity contribution in [1.29, 1.82) is 0 Å². The first-order valence-electron chi connectivity index (χ1n) is 6.82. The fourth-order valence-corrected chi connectivity index (χ4v) is 2.00. The molecule has 2 aromatic carbocycles. The highest BCUT2D eigenvalue weighted by molar-refractivity contribution is 6.58. The summed E-state index contributed by atoms with van der Waals surface area (Å²) in [5.41, 5.74) is 2.87. The van der Waals surface area contributed by atoms with Crippen molar-refractivity contribution < 1.29 is 14.8 Å². The fraction of sp³-hybridized carbons (Fsp3) is 0.250. The van der Waals surface area contributed by atoms with E-state index in [4.69, 9.17) is 14.8 Å². The number of ether oxygens (including phenoxy) is 1. The number of benzene rings is 2. The average Bonchev–Trinajstić information content (AvgIpc) is 2.48. The monoisotopic (exact) mass is 270 g/mol. The number of hydrogen-bond acceptors (Lipinski definition) is 3. The molecule has 2 N–H and O–H groups in total. The summed E-state index contributed by atoms with van der Waals surface area (Å²) in [5.74, 6) is 0. The Morgan fingerprint density at radius 1 is 0.850 bits per heavy atom. The molecule has 0 saturated carbocycles. The van der Waals surface area contributed by atoms with Crippen LogP contribution >= 0.6 is 0 Å². The van der Waals surface area contributed by atoms with Crippen molar-refractivity contribution in [3.63, 3.8) is 0 Å². The van der Waals surface area contributed by atoms with Gasteiger partial charge in [0.15, 0.2) is 0 Å². The van der Waals surface area contributed by atoms with Crippen molar-refractivity contribution in [2.45, 2.75) is 19.4 Å². The molecule has 20 heavy (non-hydrogen) atoms. The topological polar surface area (TPSA) is 49.7 Å². The van der Waals surface area contributed by atoms with E-state index in [0.717, 1.165) is 25.0 Å². The molecule has 3 nitrogen and oxygen atoms in total. The molecule has 0 aromatic heterocycles. The molecule has 0 saturated heterocycles. The molecular weight excluding hydrogens is 251 g/mol. The van der Waals surface area contributed by atoms with E-state index in [-0.39, 0.29) is 0 Å². The summed E-state index contributed by atoms with van der Waals surface area (Å²) >= 11 is 0. The molecule has 0 heterocycles. The lowest BCUT2D eigenvalue weighted by Gasteiger charge is -2.06. The quantitative estimate of drug-likeness (QED) is 0.592. The van der Waals surface area contributed by atoms with Gasteiger partial charge in [0.2, 0.25) is 0 Å². The minimum absolute atomic E-state index is 0.498. The van der Waals surface area contributed by atoms with Crippen LogP contribution < -0.4 is 5.46 Å². The van der Waals surface area contributed by atoms with Crippen LogP contribution in [0.3, 0.4) is 0 Å². The van der Waals surface area contributed by atoms with E-state index >= 15 is 0 Å². The number of aryl methyl sites for hydroxylation is 1. The summed E-state index contributed by atoms with van der Waals surface area (Å²) in [6, 6.07) is 17.5. The van der Waals surface area contributed by atoms with Gasteiger partial charge in [0.1, 0.15) is 0 Å². The highest BCUT2D eigenvalue weighted by atomic mass is 16.5. The Labute approximate surface area is 120 Å². The molecule has 2 rings (SSSR count). The molecule has 0 atom stereocenters. The summed E-state index contributed by atoms with van der Waals surface area (Å²) in [4.78, 5) is 0. The predicted molar refractivity (Wildman–Crippen MR) is 80.7 cm³/mol. The second kappa shape index (κ2) is 7.85. The lowest BCUT2D eigenvalue weighted by Crippen LogP contribution is -2.29. The second-order valence-corrected chi connectivity index (χ2v) is 4.76. The van der Waals surface area contributed by atoms with E-state index in [1.165, 1.54) is 5.56 Å². The van der Waals surface area contributed by atoms with Crippen LogP contribution in [0.5, 0.6) is 0 Å². The first-order valence-corrected chi connectivity index (χ1v) is 6.82. The maximum Gasteiger partial charge on any atom is 0.488 e. The normalized spacial score (nSPS) is 10.5. The maximum atomic E-state index is 8.99. The van der Waals surface area contributed by atoms with Crippen LogP contribution in [0.15, 0.2) is 54.6 Å². The Morgan fingerprint density at radius 2 is 1.55 bits per heavy atom. The Morgan fingerprint density at radius 3 is 2.20 bits per heavy atom. The van der Waals surface area contributed by atoms with E-state index in [1.54, 1.807) is 12.1 Å². The molecule has 0 spiro atoms. The SMILES string of the molecule is OB(O)c1ccc(COCCCc2ccccc2)cc1. The summed E-state index contributed by atoms with van der Waals surface area (Å²) in [6.45, 7) is 1.27. The van der Waals surface area contributed by atoms with Gasteiger partial charge < -0.3 is 14.8 Å². The van der Waals surface area contributed by atoms with Crippen molar-refractivity contribution >= 4 is 12.6 Å². The molecule has 4 heteroatoms. The average molecular weight is 270 g/mol. The van der Waals surface area contributed by atoms with Crippen LogP contribution in [-0.2, 0) is 17.8 Å². The number of rotatable bonds is 7. The number of hydrogen-bond donors (Lipinski definition) is 2. The molecule has 0 aliphatic heterocycles. The third kappa shape index (κ3) is 4.81. The van der Waals surface area contributed by atoms with E-state index in [2.05, 4.69) is 12.1 Å². The summed E-state index contributed by atoms with van der Waals surface area (Å²) in [6.07, 6.45) is 2.02. The van der Waals surface area contributed by atoms with Crippen molar-refractivity contribution in [3.8, 4) is 0 Å². The molecule has 2 aromatic rings. The molecule has 0 unspecified atom stereocenters. The smallest absolute Gasteiger partial charge is 0.423 e. The minimum Gasteiger partial charge on any atom is -0.423 e. The van der Waals surface area contributed by atoms with E-state index in [1.807, 2.05) is 30.3 Å². The van der Waals surface area contributed by atoms with Crippen molar-refractivity contribution in [2.24, 2.45) is 0 Å². The van der Waals surface area contributed by atoms with Crippen LogP contribution in [0.2, 0.25) is 0 Å². The van der Waals surface area contributed by atoms with Gasteiger partial charge in [0.25, 0.3) is 0 Å². The van der Waals surface area contributed by atoms with Crippen LogP contribution in [0.25, 0.3) is 0 Å². The van der Waals surface area contributed by atoms with E-state index < -0.39 is 7.12 Å². The van der Waals surface area contributed by atoms with E-state index in [9.17, 15) is 0 Å². The van der Waals surface area contributed by atoms with Gasteiger partial charge in [-0.1, -0.05) is 54.6 Å². The lowest BCUT2D eigenvalue weighted by atomic mass is 9.80. The fourth-order valence-electron chi connectivity index (χ4n) is 2.00. The zero-order valence-corrected chi connectivity index (χ0v) is 11.4. The third-order valence-corrected chi connectivity index (χ3v) is 3.14. The van der Waals surface area contributed by atoms with Crippen molar-refractivity contribution in [2.75, 3.05) is 6.61 Å². The van der Waals surface area contributed by atoms with E-state index in [0.29, 0.717) is 12.1 Å². The first-order chi connectivity index (χ1) is 9.75. The van der Waals surface area contributed by atoms with Crippen LogP contribution in [0, 0.1) is 0 Å². The van der Waals surface area contributed by atoms with Gasteiger partial charge in [0.05, 0.1) is 6.61 Å². The Hall–Kier alpha value is -1.62. The van der Waals surface area contributed by atoms with Crippen molar-refractivity contribution in [3.05, 3.63) is 65.7 Å². The minimum atomic E-state index is -1.41. The van der Waals surface area contributed by atoms with Crippen LogP contribution in [0.1, 0.15) is 17.5 Å². The zero-order valence-electron chi connectivity index (χ0n) is 11.4. The predicted octanol–water partition coefficient (Wildman–Crippen LogP) is 1.52. The van der Waals surface area contributed by atoms with Gasteiger partial charge in [-0.3, -0.25) is 0 Å². The van der Waals surface area contributed by atoms with Gasteiger partial charge in [-0.2, -0.15) is 0 Å². The molecule has 0 radical (unpaired) electrons. The molecule has 0 aliphatic carbocycles. The Balaban J connectivity index is 1.66.